The number of carbonyl (C=O) groups is 1. The lowest BCUT2D eigenvalue weighted by Crippen LogP contribution is -2.36. The predicted molar refractivity (Wildman–Crippen MR) is 133 cm³/mol. The number of halogens is 1. The molecular weight excluding hydrogens is 491 g/mol. The Bertz CT molecular complexity index is 868. The second kappa shape index (κ2) is 11.8. The zero-order valence-corrected chi connectivity index (χ0v) is 20.2. The molecule has 7 heteroatoms. The van der Waals surface area contributed by atoms with Gasteiger partial charge in [0, 0.05) is 31.7 Å². The summed E-state index contributed by atoms with van der Waals surface area (Å²) in [6.07, 6.45) is 1.60. The largest absolute Gasteiger partial charge is 0.496 e. The lowest BCUT2D eigenvalue weighted by molar-refractivity contribution is -0.117. The monoisotopic (exact) mass is 522 g/mol. The molecule has 3 rings (SSSR count). The van der Waals surface area contributed by atoms with Gasteiger partial charge in [-0.2, -0.15) is 0 Å². The molecule has 0 spiro atoms. The van der Waals surface area contributed by atoms with Crippen LogP contribution in [0.1, 0.15) is 36.5 Å². The van der Waals surface area contributed by atoms with Crippen molar-refractivity contribution in [2.75, 3.05) is 25.1 Å². The van der Waals surface area contributed by atoms with Crippen LogP contribution in [-0.2, 0) is 17.9 Å². The molecule has 0 saturated carbocycles. The first-order valence-electron chi connectivity index (χ1n) is 10.2. The van der Waals surface area contributed by atoms with Crippen molar-refractivity contribution < 1.29 is 9.53 Å². The Morgan fingerprint density at radius 3 is 2.47 bits per heavy atom. The van der Waals surface area contributed by atoms with Crippen LogP contribution in [0.3, 0.4) is 0 Å². The summed E-state index contributed by atoms with van der Waals surface area (Å²) in [6, 6.07) is 14.3. The van der Waals surface area contributed by atoms with E-state index in [0.717, 1.165) is 53.6 Å². The second-order valence-corrected chi connectivity index (χ2v) is 7.17. The molecule has 1 aliphatic rings. The minimum atomic E-state index is 0. The molecule has 1 saturated heterocycles. The Morgan fingerprint density at radius 1 is 1.13 bits per heavy atom. The summed E-state index contributed by atoms with van der Waals surface area (Å²) in [4.78, 5) is 18.4. The zero-order chi connectivity index (χ0) is 20.6. The van der Waals surface area contributed by atoms with Crippen molar-refractivity contribution in [1.29, 1.82) is 0 Å². The summed E-state index contributed by atoms with van der Waals surface area (Å²) in [7, 11) is 1.68. The van der Waals surface area contributed by atoms with Gasteiger partial charge in [-0.05, 0) is 55.2 Å². The van der Waals surface area contributed by atoms with Gasteiger partial charge in [-0.15, -0.1) is 24.0 Å². The fourth-order valence-electron chi connectivity index (χ4n) is 3.45. The highest BCUT2D eigenvalue weighted by atomic mass is 127. The molecule has 0 radical (unpaired) electrons. The number of ether oxygens (including phenoxy) is 1. The van der Waals surface area contributed by atoms with E-state index >= 15 is 0 Å². The molecule has 2 N–H and O–H groups in total. The number of amides is 1. The highest BCUT2D eigenvalue weighted by molar-refractivity contribution is 14.0. The summed E-state index contributed by atoms with van der Waals surface area (Å²) < 4.78 is 5.32. The topological polar surface area (TPSA) is 66.0 Å². The van der Waals surface area contributed by atoms with Crippen LogP contribution in [0.25, 0.3) is 0 Å². The van der Waals surface area contributed by atoms with E-state index in [1.54, 1.807) is 7.11 Å². The maximum atomic E-state index is 11.9. The van der Waals surface area contributed by atoms with Crippen molar-refractivity contribution in [2.24, 2.45) is 4.99 Å². The van der Waals surface area contributed by atoms with Crippen molar-refractivity contribution in [3.05, 3.63) is 59.2 Å². The molecule has 6 nitrogen and oxygen atoms in total. The number of hydrogen-bond acceptors (Lipinski definition) is 3. The molecule has 0 bridgehead atoms. The third-order valence-electron chi connectivity index (χ3n) is 5.00. The van der Waals surface area contributed by atoms with Crippen molar-refractivity contribution in [2.45, 2.75) is 39.8 Å². The van der Waals surface area contributed by atoms with Gasteiger partial charge in [0.2, 0.25) is 5.91 Å². The molecule has 1 amide bonds. The third kappa shape index (κ3) is 6.35. The average Bonchev–Trinajstić information content (AvgIpc) is 3.16. The Morgan fingerprint density at radius 2 is 1.87 bits per heavy atom. The van der Waals surface area contributed by atoms with Crippen LogP contribution < -0.4 is 20.3 Å². The highest BCUT2D eigenvalue weighted by Gasteiger charge is 2.21. The fraction of sp³-hybridized carbons (Fsp3) is 0.391. The molecule has 0 aliphatic carbocycles. The lowest BCUT2D eigenvalue weighted by atomic mass is 10.1. The number of rotatable bonds is 7. The van der Waals surface area contributed by atoms with Gasteiger partial charge in [-0.1, -0.05) is 24.3 Å². The predicted octanol–water partition coefficient (Wildman–Crippen LogP) is 4.00. The zero-order valence-electron chi connectivity index (χ0n) is 17.9. The van der Waals surface area contributed by atoms with E-state index in [9.17, 15) is 4.79 Å². The van der Waals surface area contributed by atoms with Gasteiger partial charge < -0.3 is 20.3 Å². The average molecular weight is 522 g/mol. The number of guanidine groups is 1. The van der Waals surface area contributed by atoms with Gasteiger partial charge >= 0.3 is 0 Å². The van der Waals surface area contributed by atoms with E-state index < -0.39 is 0 Å². The normalized spacial score (nSPS) is 13.8. The van der Waals surface area contributed by atoms with Crippen LogP contribution in [0.5, 0.6) is 5.75 Å². The van der Waals surface area contributed by atoms with Gasteiger partial charge in [-0.3, -0.25) is 4.79 Å². The summed E-state index contributed by atoms with van der Waals surface area (Å²) in [5.74, 6) is 1.88. The van der Waals surface area contributed by atoms with Crippen LogP contribution in [0.15, 0.2) is 47.5 Å². The standard InChI is InChI=1S/C23H30N4O2.HI/c1-4-24-23(26-16-19-9-12-21(29-3)17(2)14-19)25-15-18-7-10-20(11-8-18)27-13-5-6-22(27)28;/h7-12,14H,4-6,13,15-16H2,1-3H3,(H2,24,25,26);1H. The van der Waals surface area contributed by atoms with Crippen LogP contribution in [0.4, 0.5) is 5.69 Å². The first-order valence-corrected chi connectivity index (χ1v) is 10.2. The van der Waals surface area contributed by atoms with Gasteiger partial charge in [-0.25, -0.2) is 4.99 Å². The smallest absolute Gasteiger partial charge is 0.227 e. The Hall–Kier alpha value is -2.29. The Kier molecular flexibility index (Phi) is 9.42. The number of carbonyl (C=O) groups excluding carboxylic acids is 1. The van der Waals surface area contributed by atoms with Crippen LogP contribution in [0, 0.1) is 6.92 Å². The van der Waals surface area contributed by atoms with Crippen LogP contribution >= 0.6 is 24.0 Å². The molecule has 1 aliphatic heterocycles. The molecule has 30 heavy (non-hydrogen) atoms. The highest BCUT2D eigenvalue weighted by Crippen LogP contribution is 2.21. The van der Waals surface area contributed by atoms with E-state index in [0.29, 0.717) is 19.5 Å². The van der Waals surface area contributed by atoms with E-state index in [-0.39, 0.29) is 29.9 Å². The summed E-state index contributed by atoms with van der Waals surface area (Å²) in [6.45, 7) is 6.96. The number of nitrogens with zero attached hydrogens (tertiary/aromatic N) is 2. The van der Waals surface area contributed by atoms with Gasteiger partial charge in [0.05, 0.1) is 13.7 Å². The molecule has 0 atom stereocenters. The van der Waals surface area contributed by atoms with E-state index in [1.807, 2.05) is 36.1 Å². The molecular formula is C23H31IN4O2. The van der Waals surface area contributed by atoms with Crippen molar-refractivity contribution >= 4 is 41.5 Å². The first kappa shape index (κ1) is 24.0. The number of anilines is 1. The van der Waals surface area contributed by atoms with Gasteiger partial charge in [0.1, 0.15) is 5.75 Å². The maximum absolute atomic E-state index is 11.9. The number of benzene rings is 2. The quantitative estimate of drug-likeness (QED) is 0.328. The molecule has 0 unspecified atom stereocenters. The summed E-state index contributed by atoms with van der Waals surface area (Å²) >= 11 is 0. The molecule has 162 valence electrons. The van der Waals surface area contributed by atoms with Crippen molar-refractivity contribution in [3.8, 4) is 5.75 Å². The number of nitrogens with one attached hydrogen (secondary N) is 2. The van der Waals surface area contributed by atoms with Crippen LogP contribution in [0.2, 0.25) is 0 Å². The minimum Gasteiger partial charge on any atom is -0.496 e. The lowest BCUT2D eigenvalue weighted by Gasteiger charge is -2.16. The van der Waals surface area contributed by atoms with E-state index in [2.05, 4.69) is 40.7 Å². The number of aryl methyl sites for hydroxylation is 1. The molecule has 1 heterocycles. The fourth-order valence-corrected chi connectivity index (χ4v) is 3.45. The second-order valence-electron chi connectivity index (χ2n) is 7.17. The Labute approximate surface area is 196 Å². The van der Waals surface area contributed by atoms with E-state index in [1.165, 1.54) is 0 Å². The maximum Gasteiger partial charge on any atom is 0.227 e. The minimum absolute atomic E-state index is 0. The van der Waals surface area contributed by atoms with Crippen molar-refractivity contribution in [3.63, 3.8) is 0 Å². The Balaban J connectivity index is 0.00000320. The van der Waals surface area contributed by atoms with E-state index in [4.69, 9.17) is 4.74 Å². The molecule has 2 aromatic carbocycles. The molecule has 2 aromatic rings. The summed E-state index contributed by atoms with van der Waals surface area (Å²) in [5.41, 5.74) is 4.37. The van der Waals surface area contributed by atoms with Crippen LogP contribution in [-0.4, -0.2) is 32.1 Å². The summed E-state index contributed by atoms with van der Waals surface area (Å²) in [5, 5.41) is 6.66. The third-order valence-corrected chi connectivity index (χ3v) is 5.00. The number of methoxy groups -OCH3 is 1. The van der Waals surface area contributed by atoms with Crippen molar-refractivity contribution in [1.82, 2.24) is 10.6 Å². The molecule has 1 fully saturated rings. The number of hydrogen-bond donors (Lipinski definition) is 2. The molecule has 0 aromatic heterocycles. The van der Waals surface area contributed by atoms with Gasteiger partial charge in [0.15, 0.2) is 5.96 Å². The number of aliphatic imine (C=N–C) groups is 1. The van der Waals surface area contributed by atoms with Gasteiger partial charge in [0.25, 0.3) is 0 Å². The SMILES string of the molecule is CCNC(=NCc1ccc(OC)c(C)c1)NCc1ccc(N2CCCC2=O)cc1.I. The first-order chi connectivity index (χ1) is 14.1.